The monoisotopic (exact) mass is 303 g/mol. The molecule has 0 atom stereocenters. The first kappa shape index (κ1) is 13.0. The molecule has 0 saturated heterocycles. The van der Waals surface area contributed by atoms with Gasteiger partial charge >= 0.3 is 0 Å². The molecule has 2 saturated carbocycles. The zero-order valence-corrected chi connectivity index (χ0v) is 12.1. The van der Waals surface area contributed by atoms with Crippen molar-refractivity contribution in [3.63, 3.8) is 0 Å². The summed E-state index contributed by atoms with van der Waals surface area (Å²) in [5, 5.41) is 9.42. The van der Waals surface area contributed by atoms with Crippen LogP contribution >= 0.6 is 11.8 Å². The summed E-state index contributed by atoms with van der Waals surface area (Å²) < 4.78 is 15.7. The average molecular weight is 303 g/mol. The second kappa shape index (κ2) is 4.94. The topological polar surface area (TPSA) is 47.8 Å². The van der Waals surface area contributed by atoms with Crippen LogP contribution in [0.5, 0.6) is 0 Å². The number of carbonyl (C=O) groups is 1. The van der Waals surface area contributed by atoms with E-state index in [2.05, 4.69) is 14.8 Å². The molecule has 6 heteroatoms. The van der Waals surface area contributed by atoms with E-state index in [1.165, 1.54) is 36.7 Å². The van der Waals surface area contributed by atoms with Gasteiger partial charge in [-0.3, -0.25) is 4.79 Å². The molecule has 108 valence electrons. The molecule has 0 bridgehead atoms. The standard InChI is InChI=1S/C15H14FN3OS/c16-11-5-9(8-20)6-13(7-11)21-15-18-17-14(10-1-2-10)19(15)12-3-4-12/h5-8,10,12H,1-4H2. The predicted octanol–water partition coefficient (Wildman–Crippen LogP) is 3.59. The summed E-state index contributed by atoms with van der Waals surface area (Å²) in [4.78, 5) is 11.5. The SMILES string of the molecule is O=Cc1cc(F)cc(Sc2nnc(C3CC3)n2C2CC2)c1. The Bertz CT molecular complexity index is 707. The number of hydrogen-bond acceptors (Lipinski definition) is 4. The first-order valence-electron chi connectivity index (χ1n) is 7.13. The first-order valence-corrected chi connectivity index (χ1v) is 7.94. The van der Waals surface area contributed by atoms with Gasteiger partial charge in [-0.1, -0.05) is 0 Å². The van der Waals surface area contributed by atoms with Crippen molar-refractivity contribution in [3.8, 4) is 0 Å². The maximum atomic E-state index is 13.5. The van der Waals surface area contributed by atoms with Crippen LogP contribution in [0, 0.1) is 5.82 Å². The summed E-state index contributed by atoms with van der Waals surface area (Å²) in [7, 11) is 0. The quantitative estimate of drug-likeness (QED) is 0.792. The molecule has 1 heterocycles. The minimum absolute atomic E-state index is 0.345. The summed E-state index contributed by atoms with van der Waals surface area (Å²) in [6, 6.07) is 4.85. The van der Waals surface area contributed by atoms with Gasteiger partial charge in [-0.25, -0.2) is 4.39 Å². The molecule has 1 aromatic carbocycles. The third-order valence-corrected chi connectivity index (χ3v) is 4.72. The highest BCUT2D eigenvalue weighted by Gasteiger charge is 2.36. The van der Waals surface area contributed by atoms with Crippen molar-refractivity contribution in [3.05, 3.63) is 35.4 Å². The van der Waals surface area contributed by atoms with Gasteiger partial charge in [0.25, 0.3) is 0 Å². The van der Waals surface area contributed by atoms with Gasteiger partial charge in [0.15, 0.2) is 5.16 Å². The second-order valence-corrected chi connectivity index (χ2v) is 6.70. The lowest BCUT2D eigenvalue weighted by Gasteiger charge is -2.08. The van der Waals surface area contributed by atoms with Crippen LogP contribution in [0.4, 0.5) is 4.39 Å². The molecule has 0 unspecified atom stereocenters. The predicted molar refractivity (Wildman–Crippen MR) is 76.2 cm³/mol. The fourth-order valence-electron chi connectivity index (χ4n) is 2.47. The van der Waals surface area contributed by atoms with Gasteiger partial charge < -0.3 is 4.57 Å². The molecule has 0 aliphatic heterocycles. The van der Waals surface area contributed by atoms with E-state index in [1.54, 1.807) is 6.07 Å². The van der Waals surface area contributed by atoms with E-state index in [0.29, 0.717) is 28.7 Å². The molecule has 0 radical (unpaired) electrons. The number of aromatic nitrogens is 3. The lowest BCUT2D eigenvalue weighted by molar-refractivity contribution is 0.112. The van der Waals surface area contributed by atoms with E-state index in [4.69, 9.17) is 0 Å². The normalized spacial score (nSPS) is 18.0. The first-order chi connectivity index (χ1) is 10.2. The molecular formula is C15H14FN3OS. The molecule has 0 spiro atoms. The van der Waals surface area contributed by atoms with Gasteiger partial charge in [-0.15, -0.1) is 10.2 Å². The fraction of sp³-hybridized carbons (Fsp3) is 0.400. The van der Waals surface area contributed by atoms with Gasteiger partial charge in [0.2, 0.25) is 0 Å². The molecule has 2 aromatic rings. The smallest absolute Gasteiger partial charge is 0.196 e. The van der Waals surface area contributed by atoms with E-state index in [9.17, 15) is 9.18 Å². The highest BCUT2D eigenvalue weighted by atomic mass is 32.2. The third-order valence-electron chi connectivity index (χ3n) is 3.78. The molecular weight excluding hydrogens is 289 g/mol. The van der Waals surface area contributed by atoms with Crippen LogP contribution in [0.25, 0.3) is 0 Å². The van der Waals surface area contributed by atoms with Crippen molar-refractivity contribution in [1.29, 1.82) is 0 Å². The van der Waals surface area contributed by atoms with Crippen LogP contribution in [-0.4, -0.2) is 21.1 Å². The summed E-state index contributed by atoms with van der Waals surface area (Å²) in [6.07, 6.45) is 5.35. The van der Waals surface area contributed by atoms with Crippen molar-refractivity contribution in [2.45, 2.75) is 47.7 Å². The number of carbonyl (C=O) groups excluding carboxylic acids is 1. The van der Waals surface area contributed by atoms with Gasteiger partial charge in [0.1, 0.15) is 17.9 Å². The zero-order valence-electron chi connectivity index (χ0n) is 11.3. The molecule has 4 nitrogen and oxygen atoms in total. The number of nitrogens with zero attached hydrogens (tertiary/aromatic N) is 3. The van der Waals surface area contributed by atoms with Crippen LogP contribution < -0.4 is 0 Å². The van der Waals surface area contributed by atoms with Crippen LogP contribution in [0.1, 0.15) is 53.8 Å². The minimum Gasteiger partial charge on any atom is -0.302 e. The average Bonchev–Trinajstić information content (AvgIpc) is 3.37. The van der Waals surface area contributed by atoms with E-state index < -0.39 is 5.82 Å². The van der Waals surface area contributed by atoms with Crippen LogP contribution in [-0.2, 0) is 0 Å². The van der Waals surface area contributed by atoms with E-state index in [0.717, 1.165) is 23.8 Å². The fourth-order valence-corrected chi connectivity index (χ4v) is 3.47. The van der Waals surface area contributed by atoms with Crippen molar-refractivity contribution in [2.75, 3.05) is 0 Å². The van der Waals surface area contributed by atoms with Gasteiger partial charge in [0, 0.05) is 22.4 Å². The molecule has 1 aromatic heterocycles. The van der Waals surface area contributed by atoms with Crippen molar-refractivity contribution in [1.82, 2.24) is 14.8 Å². The molecule has 2 aliphatic carbocycles. The molecule has 4 rings (SSSR count). The van der Waals surface area contributed by atoms with Crippen LogP contribution in [0.2, 0.25) is 0 Å². The molecule has 0 N–H and O–H groups in total. The molecule has 21 heavy (non-hydrogen) atoms. The van der Waals surface area contributed by atoms with Crippen molar-refractivity contribution >= 4 is 18.0 Å². The summed E-state index contributed by atoms with van der Waals surface area (Å²) in [6.45, 7) is 0. The Morgan fingerprint density at radius 3 is 2.67 bits per heavy atom. The molecule has 0 amide bonds. The Labute approximate surface area is 125 Å². The van der Waals surface area contributed by atoms with Crippen molar-refractivity contribution in [2.24, 2.45) is 0 Å². The van der Waals surface area contributed by atoms with E-state index in [1.807, 2.05) is 0 Å². The number of hydrogen-bond donors (Lipinski definition) is 0. The maximum absolute atomic E-state index is 13.5. The summed E-state index contributed by atoms with van der Waals surface area (Å²) in [5.41, 5.74) is 0.345. The Hall–Kier alpha value is -1.69. The number of rotatable bonds is 5. The Kier molecular flexibility index (Phi) is 3.06. The Balaban J connectivity index is 1.68. The minimum atomic E-state index is -0.401. The highest BCUT2D eigenvalue weighted by Crippen LogP contribution is 2.46. The van der Waals surface area contributed by atoms with E-state index in [-0.39, 0.29) is 0 Å². The summed E-state index contributed by atoms with van der Waals surface area (Å²) in [5.74, 6) is 1.22. The lowest BCUT2D eigenvalue weighted by Crippen LogP contribution is -2.01. The Morgan fingerprint density at radius 1 is 1.19 bits per heavy atom. The summed E-state index contributed by atoms with van der Waals surface area (Å²) >= 11 is 1.38. The number of aldehydes is 1. The number of benzene rings is 1. The maximum Gasteiger partial charge on any atom is 0.196 e. The van der Waals surface area contributed by atoms with Gasteiger partial charge in [-0.2, -0.15) is 0 Å². The largest absolute Gasteiger partial charge is 0.302 e. The molecule has 2 aliphatic rings. The van der Waals surface area contributed by atoms with Crippen molar-refractivity contribution < 1.29 is 9.18 Å². The number of halogens is 1. The third kappa shape index (κ3) is 2.60. The van der Waals surface area contributed by atoms with Crippen LogP contribution in [0.3, 0.4) is 0 Å². The highest BCUT2D eigenvalue weighted by molar-refractivity contribution is 7.99. The molecule has 2 fully saturated rings. The van der Waals surface area contributed by atoms with Crippen LogP contribution in [0.15, 0.2) is 28.3 Å². The Morgan fingerprint density at radius 2 is 2.00 bits per heavy atom. The van der Waals surface area contributed by atoms with Gasteiger partial charge in [-0.05, 0) is 55.6 Å². The lowest BCUT2D eigenvalue weighted by atomic mass is 10.2. The second-order valence-electron chi connectivity index (χ2n) is 5.66. The van der Waals surface area contributed by atoms with Gasteiger partial charge in [0.05, 0.1) is 0 Å². The zero-order chi connectivity index (χ0) is 14.4. The van der Waals surface area contributed by atoms with E-state index >= 15 is 0 Å².